The lowest BCUT2D eigenvalue weighted by molar-refractivity contribution is -0.122. The van der Waals surface area contributed by atoms with Crippen LogP contribution < -0.4 is 4.90 Å². The van der Waals surface area contributed by atoms with Crippen molar-refractivity contribution >= 4 is 51.8 Å². The molecule has 3 unspecified atom stereocenters. The van der Waals surface area contributed by atoms with Gasteiger partial charge in [0, 0.05) is 21.5 Å². The van der Waals surface area contributed by atoms with E-state index in [0.717, 1.165) is 5.56 Å². The van der Waals surface area contributed by atoms with E-state index in [1.54, 1.807) is 60.7 Å². The number of anilines is 1. The Morgan fingerprint density at radius 1 is 0.976 bits per heavy atom. The Balaban J connectivity index is 1.28. The van der Waals surface area contributed by atoms with Crippen molar-refractivity contribution in [1.29, 1.82) is 0 Å². The number of fused-ring (bicyclic) bond motifs is 2. The summed E-state index contributed by atoms with van der Waals surface area (Å²) in [5.74, 6) is -2.03. The Kier molecular flexibility index (Phi) is 7.21. The van der Waals surface area contributed by atoms with Gasteiger partial charge < -0.3 is 4.74 Å². The maximum absolute atomic E-state index is 13.3. The zero-order valence-electron chi connectivity index (χ0n) is 23.0. The maximum Gasteiger partial charge on any atom is 0.339 e. The average molecular weight is 579 g/mol. The second-order valence-electron chi connectivity index (χ2n) is 10.8. The van der Waals surface area contributed by atoms with Crippen molar-refractivity contribution in [3.05, 3.63) is 107 Å². The molecule has 0 radical (unpaired) electrons. The number of imide groups is 1. The molecule has 6 rings (SSSR count). The Morgan fingerprint density at radius 2 is 1.71 bits per heavy atom. The summed E-state index contributed by atoms with van der Waals surface area (Å²) < 4.78 is 5.43. The Bertz CT molecular complexity index is 1780. The van der Waals surface area contributed by atoms with Crippen LogP contribution in [-0.2, 0) is 14.3 Å². The van der Waals surface area contributed by atoms with Gasteiger partial charge in [0.15, 0.2) is 12.4 Å². The number of Topliss-reactive ketones (excluding diaryl/α,β-unsaturated/α-hetero) is 1. The molecule has 1 saturated heterocycles. The SMILES string of the molecule is Cc1ccc(C(=O)COC(=O)c2cc(-c3ccc(N4C(=O)C5CC=CC(C)C5C4=O)cc3)nc3ccc(Cl)cc23)cc1. The van der Waals surface area contributed by atoms with Crippen molar-refractivity contribution in [2.24, 2.45) is 17.8 Å². The summed E-state index contributed by atoms with van der Waals surface area (Å²) in [7, 11) is 0. The zero-order chi connectivity index (χ0) is 29.5. The van der Waals surface area contributed by atoms with Crippen LogP contribution >= 0.6 is 11.6 Å². The zero-order valence-corrected chi connectivity index (χ0v) is 23.8. The lowest BCUT2D eigenvalue weighted by Crippen LogP contribution is -2.31. The van der Waals surface area contributed by atoms with E-state index in [1.807, 2.05) is 38.1 Å². The highest BCUT2D eigenvalue weighted by Gasteiger charge is 2.50. The fraction of sp³-hybridized carbons (Fsp3) is 0.206. The third-order valence-electron chi connectivity index (χ3n) is 7.99. The lowest BCUT2D eigenvalue weighted by atomic mass is 9.78. The smallest absolute Gasteiger partial charge is 0.339 e. The topological polar surface area (TPSA) is 93.6 Å². The summed E-state index contributed by atoms with van der Waals surface area (Å²) in [5, 5.41) is 0.922. The average Bonchev–Trinajstić information content (AvgIpc) is 3.25. The van der Waals surface area contributed by atoms with E-state index in [9.17, 15) is 19.2 Å². The molecule has 1 aromatic heterocycles. The minimum atomic E-state index is -0.679. The molecule has 2 heterocycles. The summed E-state index contributed by atoms with van der Waals surface area (Å²) in [6, 6.07) is 20.6. The highest BCUT2D eigenvalue weighted by molar-refractivity contribution is 6.31. The lowest BCUT2D eigenvalue weighted by Gasteiger charge is -2.22. The van der Waals surface area contributed by atoms with E-state index in [-0.39, 0.29) is 40.9 Å². The molecule has 1 aliphatic carbocycles. The van der Waals surface area contributed by atoms with Crippen LogP contribution in [0.15, 0.2) is 84.9 Å². The molecule has 0 bridgehead atoms. The van der Waals surface area contributed by atoms with E-state index in [2.05, 4.69) is 0 Å². The van der Waals surface area contributed by atoms with Crippen LogP contribution in [0.2, 0.25) is 5.02 Å². The number of pyridine rings is 1. The third kappa shape index (κ3) is 5.01. The molecule has 4 aromatic rings. The van der Waals surface area contributed by atoms with E-state index < -0.39 is 12.6 Å². The Labute approximate surface area is 247 Å². The number of carbonyl (C=O) groups is 4. The molecule has 2 aliphatic rings. The number of halogens is 1. The summed E-state index contributed by atoms with van der Waals surface area (Å²) >= 11 is 6.23. The van der Waals surface area contributed by atoms with E-state index in [4.69, 9.17) is 21.3 Å². The number of benzene rings is 3. The molecular weight excluding hydrogens is 552 g/mol. The number of esters is 1. The summed E-state index contributed by atoms with van der Waals surface area (Å²) in [6.45, 7) is 3.48. The van der Waals surface area contributed by atoms with Gasteiger partial charge >= 0.3 is 5.97 Å². The largest absolute Gasteiger partial charge is 0.454 e. The number of hydrogen-bond donors (Lipinski definition) is 0. The number of ether oxygens (including phenoxy) is 1. The van der Waals surface area contributed by atoms with Gasteiger partial charge in [0.05, 0.1) is 34.3 Å². The summed E-state index contributed by atoms with van der Waals surface area (Å²) in [5.41, 5.74) is 3.87. The highest BCUT2D eigenvalue weighted by atomic mass is 35.5. The van der Waals surface area contributed by atoms with E-state index >= 15 is 0 Å². The number of aromatic nitrogens is 1. The van der Waals surface area contributed by atoms with Crippen LogP contribution in [-0.4, -0.2) is 35.2 Å². The molecule has 1 aliphatic heterocycles. The second-order valence-corrected chi connectivity index (χ2v) is 11.2. The molecule has 210 valence electrons. The molecule has 2 amide bonds. The van der Waals surface area contributed by atoms with Crippen LogP contribution in [0, 0.1) is 24.7 Å². The first kappa shape index (κ1) is 27.5. The normalized spacial score (nSPS) is 19.7. The van der Waals surface area contributed by atoms with Crippen LogP contribution in [0.4, 0.5) is 5.69 Å². The second kappa shape index (κ2) is 11.0. The van der Waals surface area contributed by atoms with Gasteiger partial charge in [-0.2, -0.15) is 0 Å². The number of aryl methyl sites for hydroxylation is 1. The first-order valence-electron chi connectivity index (χ1n) is 13.7. The molecule has 0 saturated carbocycles. The van der Waals surface area contributed by atoms with Crippen molar-refractivity contribution in [3.63, 3.8) is 0 Å². The van der Waals surface area contributed by atoms with Crippen LogP contribution in [0.1, 0.15) is 39.6 Å². The van der Waals surface area contributed by atoms with Gasteiger partial charge in [-0.25, -0.2) is 9.78 Å². The van der Waals surface area contributed by atoms with Crippen molar-refractivity contribution in [2.45, 2.75) is 20.3 Å². The van der Waals surface area contributed by atoms with E-state index in [1.165, 1.54) is 4.90 Å². The fourth-order valence-corrected chi connectivity index (χ4v) is 5.90. The van der Waals surface area contributed by atoms with Crippen LogP contribution in [0.3, 0.4) is 0 Å². The molecule has 0 spiro atoms. The minimum Gasteiger partial charge on any atom is -0.454 e. The highest BCUT2D eigenvalue weighted by Crippen LogP contribution is 2.40. The molecule has 42 heavy (non-hydrogen) atoms. The molecule has 3 atom stereocenters. The predicted molar refractivity (Wildman–Crippen MR) is 160 cm³/mol. The number of nitrogens with zero attached hydrogens (tertiary/aromatic N) is 2. The molecular formula is C34H27ClN2O5. The first-order chi connectivity index (χ1) is 20.2. The summed E-state index contributed by atoms with van der Waals surface area (Å²) in [4.78, 5) is 58.2. The van der Waals surface area contributed by atoms with Gasteiger partial charge in [0.2, 0.25) is 11.8 Å². The van der Waals surface area contributed by atoms with Gasteiger partial charge in [0.1, 0.15) is 0 Å². The maximum atomic E-state index is 13.3. The van der Waals surface area contributed by atoms with Gasteiger partial charge in [-0.05, 0) is 55.7 Å². The molecule has 1 fully saturated rings. The van der Waals surface area contributed by atoms with Crippen molar-refractivity contribution in [1.82, 2.24) is 4.98 Å². The molecule has 8 heteroatoms. The molecule has 0 N–H and O–H groups in total. The van der Waals surface area contributed by atoms with Gasteiger partial charge in [-0.3, -0.25) is 19.3 Å². The summed E-state index contributed by atoms with van der Waals surface area (Å²) in [6.07, 6.45) is 4.54. The van der Waals surface area contributed by atoms with Crippen LogP contribution in [0.5, 0.6) is 0 Å². The molecule has 7 nitrogen and oxygen atoms in total. The number of allylic oxidation sites excluding steroid dienone is 2. The van der Waals surface area contributed by atoms with Crippen molar-refractivity contribution in [2.75, 3.05) is 11.5 Å². The number of hydrogen-bond acceptors (Lipinski definition) is 6. The van der Waals surface area contributed by atoms with Crippen molar-refractivity contribution in [3.8, 4) is 11.3 Å². The number of rotatable bonds is 6. The fourth-order valence-electron chi connectivity index (χ4n) is 5.73. The minimum absolute atomic E-state index is 0.00476. The third-order valence-corrected chi connectivity index (χ3v) is 8.23. The van der Waals surface area contributed by atoms with Gasteiger partial charge in [-0.15, -0.1) is 0 Å². The standard InChI is InChI=1S/C34H27ClN2O5/c1-19-6-8-22(9-7-19)30(38)18-42-34(41)27-17-29(36-28-15-12-23(35)16-26(27)28)21-10-13-24(14-11-21)37-32(39)25-5-3-4-20(2)31(25)33(37)40/h3-4,6-17,20,25,31H,5,18H2,1-2H3. The number of ketones is 1. The van der Waals surface area contributed by atoms with Crippen LogP contribution in [0.25, 0.3) is 22.2 Å². The van der Waals surface area contributed by atoms with E-state index in [0.29, 0.717) is 44.9 Å². The monoisotopic (exact) mass is 578 g/mol. The quantitative estimate of drug-likeness (QED) is 0.111. The van der Waals surface area contributed by atoms with Gasteiger partial charge in [0.25, 0.3) is 0 Å². The number of amides is 2. The predicted octanol–water partition coefficient (Wildman–Crippen LogP) is 6.60. The van der Waals surface area contributed by atoms with Crippen molar-refractivity contribution < 1.29 is 23.9 Å². The first-order valence-corrected chi connectivity index (χ1v) is 14.1. The number of carbonyl (C=O) groups excluding carboxylic acids is 4. The molecule has 3 aromatic carbocycles. The Hall–Kier alpha value is -4.62. The Morgan fingerprint density at radius 3 is 2.43 bits per heavy atom. The van der Waals surface area contributed by atoms with Gasteiger partial charge in [-0.1, -0.05) is 72.6 Å².